The van der Waals surface area contributed by atoms with E-state index in [0.717, 1.165) is 161 Å². The molecule has 430 valence electrons. The van der Waals surface area contributed by atoms with Crippen molar-refractivity contribution in [2.45, 2.75) is 26.2 Å². The molecule has 5 aromatic heterocycles. The fraction of sp³-hybridized carbons (Fsp3) is 0.0488. The summed E-state index contributed by atoms with van der Waals surface area (Å²) in [5.41, 5.74) is 23.3. The largest absolute Gasteiger partial charge is 0.510 e. The molecule has 90 heavy (non-hydrogen) atoms. The number of fused-ring (bicyclic) bond motifs is 16. The Hall–Kier alpha value is -10.9. The number of para-hydroxylation sites is 5. The molecule has 0 unspecified atom stereocenters. The molecule has 0 fully saturated rings. The zero-order chi connectivity index (χ0) is 59.1. The van der Waals surface area contributed by atoms with E-state index in [-0.39, 0.29) is 26.5 Å². The minimum absolute atomic E-state index is 0. The first kappa shape index (κ1) is 53.4. The minimum Gasteiger partial charge on any atom is -0.510 e. The van der Waals surface area contributed by atoms with E-state index in [4.69, 9.17) is 18.6 Å². The third-order valence-electron chi connectivity index (χ3n) is 17.9. The molecule has 0 N–H and O–H groups in total. The SMILES string of the molecule is CC(C)(C)c1ccnc(-n2c3[c-]c(Oc4[c-]c(-n5[c-][n+]6c7c(cccc75)-c5ccccc5-c5ccccc5-c5cccc(-c7cc(-c8ccc9oc%10ccccc%10c9c8)cc(-c8ccc9oc%10ccccc%10c9c8)c7)c5-6)ccc4)ccc3c3ccccc32)c1.[Pt]. The number of pyridine rings is 1. The van der Waals surface area contributed by atoms with Crippen molar-refractivity contribution >= 4 is 76.7 Å². The molecule has 18 rings (SSSR count). The summed E-state index contributed by atoms with van der Waals surface area (Å²) in [7, 11) is 0. The smallest absolute Gasteiger partial charge is 0.268 e. The average Bonchev–Trinajstić information content (AvgIpc) is 1.58. The van der Waals surface area contributed by atoms with Gasteiger partial charge in [-0.15, -0.1) is 29.7 Å². The van der Waals surface area contributed by atoms with E-state index in [1.54, 1.807) is 0 Å². The van der Waals surface area contributed by atoms with Gasteiger partial charge in [0.15, 0.2) is 0 Å². The van der Waals surface area contributed by atoms with E-state index in [9.17, 15) is 0 Å². The van der Waals surface area contributed by atoms with Gasteiger partial charge in [-0.25, -0.2) is 4.98 Å². The van der Waals surface area contributed by atoms with E-state index >= 15 is 0 Å². The summed E-state index contributed by atoms with van der Waals surface area (Å²) >= 11 is 0. The molecule has 1 aliphatic rings. The van der Waals surface area contributed by atoms with E-state index in [2.05, 4.69) is 265 Å². The minimum atomic E-state index is -0.0613. The van der Waals surface area contributed by atoms with E-state index in [1.165, 1.54) is 5.56 Å². The van der Waals surface area contributed by atoms with Crippen molar-refractivity contribution in [2.75, 3.05) is 0 Å². The van der Waals surface area contributed by atoms with Crippen LogP contribution in [0.25, 0.3) is 161 Å². The quantitative estimate of drug-likeness (QED) is 0.118. The van der Waals surface area contributed by atoms with Crippen LogP contribution in [0.5, 0.6) is 11.5 Å². The molecule has 12 aromatic carbocycles. The van der Waals surface area contributed by atoms with Gasteiger partial charge in [0.2, 0.25) is 0 Å². The Bertz CT molecular complexity index is 5660. The van der Waals surface area contributed by atoms with Crippen molar-refractivity contribution in [3.63, 3.8) is 0 Å². The van der Waals surface area contributed by atoms with Gasteiger partial charge in [-0.1, -0.05) is 178 Å². The van der Waals surface area contributed by atoms with Gasteiger partial charge in [-0.2, -0.15) is 18.2 Å². The molecular formula is C82H52N4O3Pt-2. The maximum atomic E-state index is 6.86. The Labute approximate surface area is 533 Å². The zero-order valence-corrected chi connectivity index (χ0v) is 51.4. The number of rotatable bonds is 7. The molecule has 0 spiro atoms. The summed E-state index contributed by atoms with van der Waals surface area (Å²) in [5, 5.41) is 6.50. The van der Waals surface area contributed by atoms with Crippen LogP contribution in [-0.4, -0.2) is 14.1 Å². The number of aromatic nitrogens is 4. The summed E-state index contributed by atoms with van der Waals surface area (Å²) < 4.78 is 26.3. The van der Waals surface area contributed by atoms with E-state index in [0.29, 0.717) is 11.5 Å². The predicted octanol–water partition coefficient (Wildman–Crippen LogP) is 21.0. The fourth-order valence-electron chi connectivity index (χ4n) is 13.7. The van der Waals surface area contributed by atoms with Gasteiger partial charge in [-0.05, 0) is 162 Å². The number of hydrogen-bond acceptors (Lipinski definition) is 4. The molecule has 17 aromatic rings. The second-order valence-corrected chi connectivity index (χ2v) is 24.2. The van der Waals surface area contributed by atoms with Gasteiger partial charge >= 0.3 is 0 Å². The molecule has 8 heteroatoms. The van der Waals surface area contributed by atoms with Crippen LogP contribution in [0.15, 0.2) is 270 Å². The molecule has 0 amide bonds. The molecule has 0 aliphatic carbocycles. The monoisotopic (exact) mass is 1340 g/mol. The molecule has 7 nitrogen and oxygen atoms in total. The van der Waals surface area contributed by atoms with Crippen LogP contribution in [0.4, 0.5) is 0 Å². The second kappa shape index (κ2) is 20.6. The standard InChI is InChI=1S/C82H52N4O3.Pt/c1-82(2,3)55-39-40-83-79(46-55)86-72-29-11-8-23-64(72)65-36-35-58(48-74(65)86)87-57-18-14-17-56(47-57)84-49-85-80-59(26-15-27-68(80)62-21-6-4-19-60(62)61-20-5-7-22-63(61)69-28-16-30-73(84)81(69)85)54-42-52(50-33-37-77-70(44-50)66-24-9-12-31-75(66)88-77)41-53(43-54)51-34-38-78-71(45-51)67-25-10-13-32-76(67)89-78;/h4-46H,1-3H3;/q-2;. The molecule has 1 aliphatic heterocycles. The van der Waals surface area contributed by atoms with Crippen molar-refractivity contribution in [3.05, 3.63) is 285 Å². The molecule has 0 saturated carbocycles. The first-order chi connectivity index (χ1) is 43.7. The van der Waals surface area contributed by atoms with Crippen molar-refractivity contribution in [1.29, 1.82) is 0 Å². The summed E-state index contributed by atoms with van der Waals surface area (Å²) in [6.07, 6.45) is 5.91. The van der Waals surface area contributed by atoms with Gasteiger partial charge in [0.05, 0.1) is 16.7 Å². The molecule has 0 radical (unpaired) electrons. The third-order valence-corrected chi connectivity index (χ3v) is 17.9. The van der Waals surface area contributed by atoms with Crippen molar-refractivity contribution < 1.29 is 39.2 Å². The summed E-state index contributed by atoms with van der Waals surface area (Å²) in [4.78, 5) is 4.92. The van der Waals surface area contributed by atoms with Crippen molar-refractivity contribution in [2.24, 2.45) is 0 Å². The molecular weight excluding hydrogens is 1280 g/mol. The first-order valence-electron chi connectivity index (χ1n) is 30.2. The fourth-order valence-corrected chi connectivity index (χ4v) is 13.7. The van der Waals surface area contributed by atoms with Gasteiger partial charge in [0.25, 0.3) is 6.33 Å². The van der Waals surface area contributed by atoms with Crippen molar-refractivity contribution in [3.8, 4) is 95.5 Å². The van der Waals surface area contributed by atoms with E-state index < -0.39 is 0 Å². The van der Waals surface area contributed by atoms with E-state index in [1.807, 2.05) is 48.7 Å². The van der Waals surface area contributed by atoms with Crippen LogP contribution in [0.3, 0.4) is 0 Å². The van der Waals surface area contributed by atoms with Gasteiger partial charge in [0, 0.05) is 65.8 Å². The van der Waals surface area contributed by atoms with Crippen molar-refractivity contribution in [1.82, 2.24) is 14.1 Å². The number of hydrogen-bond donors (Lipinski definition) is 0. The zero-order valence-electron chi connectivity index (χ0n) is 49.2. The van der Waals surface area contributed by atoms with Crippen LogP contribution in [0.1, 0.15) is 26.3 Å². The van der Waals surface area contributed by atoms with Gasteiger partial charge in [0.1, 0.15) is 28.1 Å². The summed E-state index contributed by atoms with van der Waals surface area (Å²) in [5.74, 6) is 1.94. The third kappa shape index (κ3) is 8.52. The Morgan fingerprint density at radius 3 is 1.63 bits per heavy atom. The Morgan fingerprint density at radius 2 is 0.944 bits per heavy atom. The van der Waals surface area contributed by atoms with Gasteiger partial charge in [-0.3, -0.25) is 4.57 Å². The summed E-state index contributed by atoms with van der Waals surface area (Å²) in [6, 6.07) is 98.0. The number of furan rings is 2. The average molecular weight is 1340 g/mol. The Balaban J connectivity index is 0.00000624. The number of nitrogens with zero attached hydrogens (tertiary/aromatic N) is 4. The molecule has 0 atom stereocenters. The van der Waals surface area contributed by atoms with Crippen LogP contribution in [0.2, 0.25) is 0 Å². The molecule has 0 bridgehead atoms. The molecule has 0 saturated heterocycles. The number of benzene rings is 12. The van der Waals surface area contributed by atoms with Gasteiger partial charge < -0.3 is 22.7 Å². The maximum absolute atomic E-state index is 6.86. The van der Waals surface area contributed by atoms with Crippen LogP contribution < -0.4 is 9.30 Å². The Morgan fingerprint density at radius 1 is 0.411 bits per heavy atom. The molecule has 6 heterocycles. The van der Waals surface area contributed by atoms with Crippen LogP contribution in [-0.2, 0) is 26.5 Å². The second-order valence-electron chi connectivity index (χ2n) is 24.2. The maximum Gasteiger partial charge on any atom is 0.268 e. The number of ether oxygens (including phenoxy) is 1. The Kier molecular flexibility index (Phi) is 12.2. The van der Waals surface area contributed by atoms with Crippen LogP contribution in [0, 0.1) is 18.5 Å². The normalized spacial score (nSPS) is 12.1. The number of imidazole rings is 1. The van der Waals surface area contributed by atoms with Crippen LogP contribution >= 0.6 is 0 Å². The summed E-state index contributed by atoms with van der Waals surface area (Å²) in [6.45, 7) is 6.69. The predicted molar refractivity (Wildman–Crippen MR) is 359 cm³/mol. The topological polar surface area (TPSA) is 62.1 Å². The first-order valence-corrected chi connectivity index (χ1v) is 30.2.